The second kappa shape index (κ2) is 5.30. The Kier molecular flexibility index (Phi) is 3.65. The van der Waals surface area contributed by atoms with Crippen LogP contribution in [0.15, 0.2) is 46.9 Å². The van der Waals surface area contributed by atoms with Gasteiger partial charge in [0.2, 0.25) is 0 Å². The Morgan fingerprint density at radius 2 is 1.90 bits per heavy atom. The van der Waals surface area contributed by atoms with Crippen LogP contribution in [0.3, 0.4) is 0 Å². The topological polar surface area (TPSA) is 12.0 Å². The predicted octanol–water partition coefficient (Wildman–Crippen LogP) is 3.98. The van der Waals surface area contributed by atoms with Gasteiger partial charge < -0.3 is 5.32 Å². The molecule has 2 aromatic rings. The van der Waals surface area contributed by atoms with Gasteiger partial charge in [-0.2, -0.15) is 0 Å². The van der Waals surface area contributed by atoms with Gasteiger partial charge in [-0.3, -0.25) is 0 Å². The highest BCUT2D eigenvalue weighted by molar-refractivity contribution is 9.10. The summed E-state index contributed by atoms with van der Waals surface area (Å²) in [5.41, 5.74) is 3.80. The van der Waals surface area contributed by atoms with E-state index in [1.54, 1.807) is 6.07 Å². The molecule has 0 radical (unpaired) electrons. The molecule has 0 saturated carbocycles. The number of rotatable bonds is 3. The third-order valence-electron chi connectivity index (χ3n) is 4.20. The van der Waals surface area contributed by atoms with Gasteiger partial charge in [0, 0.05) is 18.5 Å². The summed E-state index contributed by atoms with van der Waals surface area (Å²) < 4.78 is 14.3. The van der Waals surface area contributed by atoms with Crippen LogP contribution in [0.2, 0.25) is 0 Å². The zero-order chi connectivity index (χ0) is 14.2. The van der Waals surface area contributed by atoms with Gasteiger partial charge in [-0.15, -0.1) is 0 Å². The Bertz CT molecular complexity index is 635. The lowest BCUT2D eigenvalue weighted by atomic mass is 9.69. The number of hydrogen-bond donors (Lipinski definition) is 1. The first-order valence-electron chi connectivity index (χ1n) is 6.82. The highest BCUT2D eigenvalue weighted by Crippen LogP contribution is 2.36. The summed E-state index contributed by atoms with van der Waals surface area (Å²) in [6.07, 6.45) is 0.850. The van der Waals surface area contributed by atoms with Crippen molar-refractivity contribution in [1.29, 1.82) is 0 Å². The molecule has 2 aromatic carbocycles. The van der Waals surface area contributed by atoms with Crippen LogP contribution in [0, 0.1) is 12.7 Å². The van der Waals surface area contributed by atoms with Crippen LogP contribution in [-0.4, -0.2) is 13.1 Å². The molecular formula is C17H17BrFN. The average molecular weight is 334 g/mol. The Balaban J connectivity index is 1.99. The lowest BCUT2D eigenvalue weighted by Crippen LogP contribution is -2.58. The first-order valence-corrected chi connectivity index (χ1v) is 7.61. The maximum absolute atomic E-state index is 13.7. The van der Waals surface area contributed by atoms with Gasteiger partial charge in [-0.25, -0.2) is 4.39 Å². The zero-order valence-electron chi connectivity index (χ0n) is 11.4. The van der Waals surface area contributed by atoms with Crippen LogP contribution in [0.4, 0.5) is 4.39 Å². The molecule has 104 valence electrons. The maximum atomic E-state index is 13.7. The van der Waals surface area contributed by atoms with E-state index < -0.39 is 0 Å². The summed E-state index contributed by atoms with van der Waals surface area (Å²) in [4.78, 5) is 0. The number of nitrogens with one attached hydrogen (secondary N) is 1. The summed E-state index contributed by atoms with van der Waals surface area (Å²) in [5, 5.41) is 3.37. The Hall–Kier alpha value is -1.19. The van der Waals surface area contributed by atoms with Crippen molar-refractivity contribution in [3.8, 4) is 0 Å². The normalized spacial score (nSPS) is 16.8. The van der Waals surface area contributed by atoms with Crippen molar-refractivity contribution >= 4 is 15.9 Å². The van der Waals surface area contributed by atoms with Crippen molar-refractivity contribution in [3.63, 3.8) is 0 Å². The zero-order valence-corrected chi connectivity index (χ0v) is 13.0. The maximum Gasteiger partial charge on any atom is 0.137 e. The molecule has 3 heteroatoms. The van der Waals surface area contributed by atoms with Crippen LogP contribution >= 0.6 is 15.9 Å². The third-order valence-corrected chi connectivity index (χ3v) is 5.09. The van der Waals surface area contributed by atoms with Crippen molar-refractivity contribution in [2.45, 2.75) is 18.8 Å². The van der Waals surface area contributed by atoms with Gasteiger partial charge in [0.25, 0.3) is 0 Å². The number of aryl methyl sites for hydroxylation is 1. The molecule has 3 rings (SSSR count). The molecule has 1 aliphatic rings. The second-order valence-electron chi connectivity index (χ2n) is 5.59. The molecule has 0 amide bonds. The monoisotopic (exact) mass is 333 g/mol. The van der Waals surface area contributed by atoms with Gasteiger partial charge >= 0.3 is 0 Å². The number of hydrogen-bond acceptors (Lipinski definition) is 1. The van der Waals surface area contributed by atoms with E-state index in [2.05, 4.69) is 52.4 Å². The van der Waals surface area contributed by atoms with Crippen LogP contribution in [-0.2, 0) is 11.8 Å². The molecule has 1 saturated heterocycles. The van der Waals surface area contributed by atoms with Crippen molar-refractivity contribution in [3.05, 3.63) is 69.4 Å². The van der Waals surface area contributed by atoms with E-state index in [9.17, 15) is 4.39 Å². The predicted molar refractivity (Wildman–Crippen MR) is 83.5 cm³/mol. The summed E-state index contributed by atoms with van der Waals surface area (Å²) >= 11 is 3.38. The minimum absolute atomic E-state index is 0.0850. The lowest BCUT2D eigenvalue weighted by Gasteiger charge is -2.44. The Morgan fingerprint density at radius 1 is 1.15 bits per heavy atom. The Labute approximate surface area is 127 Å². The molecule has 0 aliphatic carbocycles. The molecular weight excluding hydrogens is 317 g/mol. The molecule has 0 atom stereocenters. The van der Waals surface area contributed by atoms with Gasteiger partial charge in [0.1, 0.15) is 5.82 Å². The van der Waals surface area contributed by atoms with Crippen molar-refractivity contribution < 1.29 is 4.39 Å². The third kappa shape index (κ3) is 2.29. The minimum Gasteiger partial charge on any atom is -0.315 e. The molecule has 0 spiro atoms. The molecule has 1 N–H and O–H groups in total. The molecule has 1 nitrogen and oxygen atoms in total. The van der Waals surface area contributed by atoms with E-state index in [1.165, 1.54) is 17.2 Å². The molecule has 0 bridgehead atoms. The molecule has 20 heavy (non-hydrogen) atoms. The van der Waals surface area contributed by atoms with Gasteiger partial charge in [-0.1, -0.05) is 36.4 Å². The van der Waals surface area contributed by atoms with E-state index in [4.69, 9.17) is 0 Å². The van der Waals surface area contributed by atoms with Gasteiger partial charge in [0.05, 0.1) is 4.47 Å². The number of halogens is 2. The van der Waals surface area contributed by atoms with Crippen molar-refractivity contribution in [2.24, 2.45) is 0 Å². The fourth-order valence-corrected chi connectivity index (χ4v) is 3.46. The van der Waals surface area contributed by atoms with Crippen LogP contribution in [0.5, 0.6) is 0 Å². The quantitative estimate of drug-likeness (QED) is 0.895. The SMILES string of the molecule is Cc1ccccc1C1(Cc2cccc(F)c2Br)CNC1. The average Bonchev–Trinajstić information content (AvgIpc) is 2.40. The smallest absolute Gasteiger partial charge is 0.137 e. The van der Waals surface area contributed by atoms with E-state index in [0.29, 0.717) is 4.47 Å². The first kappa shape index (κ1) is 13.8. The fourth-order valence-electron chi connectivity index (χ4n) is 3.05. The van der Waals surface area contributed by atoms with Crippen molar-refractivity contribution in [1.82, 2.24) is 5.32 Å². The van der Waals surface area contributed by atoms with Gasteiger partial charge in [-0.05, 0) is 52.0 Å². The molecule has 0 aromatic heterocycles. The summed E-state index contributed by atoms with van der Waals surface area (Å²) in [6, 6.07) is 13.8. The lowest BCUT2D eigenvalue weighted by molar-refractivity contribution is 0.273. The van der Waals surface area contributed by atoms with E-state index in [0.717, 1.165) is 25.1 Å². The summed E-state index contributed by atoms with van der Waals surface area (Å²) in [6.45, 7) is 4.04. The standard InChI is InChI=1S/C17H17BrFN/c1-12-5-2-3-7-14(12)17(10-20-11-17)9-13-6-4-8-15(19)16(13)18/h2-8,20H,9-11H2,1H3. The summed E-state index contributed by atoms with van der Waals surface area (Å²) in [7, 11) is 0. The molecule has 1 fully saturated rings. The van der Waals surface area contributed by atoms with E-state index in [1.807, 2.05) is 6.07 Å². The highest BCUT2D eigenvalue weighted by Gasteiger charge is 2.40. The van der Waals surface area contributed by atoms with Gasteiger partial charge in [0.15, 0.2) is 0 Å². The van der Waals surface area contributed by atoms with E-state index in [-0.39, 0.29) is 11.2 Å². The Morgan fingerprint density at radius 3 is 2.55 bits per heavy atom. The van der Waals surface area contributed by atoms with Crippen LogP contribution < -0.4 is 5.32 Å². The van der Waals surface area contributed by atoms with Crippen LogP contribution in [0.1, 0.15) is 16.7 Å². The molecule has 1 aliphatic heterocycles. The van der Waals surface area contributed by atoms with Crippen molar-refractivity contribution in [2.75, 3.05) is 13.1 Å². The largest absolute Gasteiger partial charge is 0.315 e. The molecule has 1 heterocycles. The number of benzene rings is 2. The highest BCUT2D eigenvalue weighted by atomic mass is 79.9. The first-order chi connectivity index (χ1) is 9.62. The molecule has 0 unspecified atom stereocenters. The van der Waals surface area contributed by atoms with Crippen LogP contribution in [0.25, 0.3) is 0 Å². The summed E-state index contributed by atoms with van der Waals surface area (Å²) in [5.74, 6) is -0.185. The second-order valence-corrected chi connectivity index (χ2v) is 6.38. The fraction of sp³-hybridized carbons (Fsp3) is 0.294. The van der Waals surface area contributed by atoms with E-state index >= 15 is 0 Å². The minimum atomic E-state index is -0.185.